The number of carbonyl (C=O) groups excluding carboxylic acids is 3. The Morgan fingerprint density at radius 2 is 1.76 bits per heavy atom. The molecule has 144 valence electrons. The average Bonchev–Trinajstić information content (AvgIpc) is 2.56. The zero-order valence-corrected chi connectivity index (χ0v) is 16.1. The van der Waals surface area contributed by atoms with E-state index >= 15 is 0 Å². The Balaban J connectivity index is 2.28. The molecule has 25 heavy (non-hydrogen) atoms. The number of likely N-dealkylation sites (N-methyl/N-ethyl adjacent to an activating group) is 1. The van der Waals surface area contributed by atoms with Gasteiger partial charge in [-0.1, -0.05) is 19.3 Å². The van der Waals surface area contributed by atoms with Gasteiger partial charge in [-0.3, -0.25) is 14.5 Å². The van der Waals surface area contributed by atoms with Crippen molar-refractivity contribution in [1.82, 2.24) is 10.2 Å². The molecule has 0 aliphatic heterocycles. The first-order valence-corrected chi connectivity index (χ1v) is 9.02. The number of ether oxygens (including phenoxy) is 2. The SMILES string of the molecule is C[C@@H](C(=O)NCCOC(=O)C1CCCCC1)N(C)C(=O)OC(C)(C)C. The minimum absolute atomic E-state index is 0.00155. The summed E-state index contributed by atoms with van der Waals surface area (Å²) in [6.45, 7) is 7.29. The highest BCUT2D eigenvalue weighted by molar-refractivity contribution is 5.85. The maximum Gasteiger partial charge on any atom is 0.410 e. The maximum atomic E-state index is 12.1. The molecular weight excluding hydrogens is 324 g/mol. The Kier molecular flexibility index (Phi) is 8.19. The van der Waals surface area contributed by atoms with Gasteiger partial charge in [-0.15, -0.1) is 0 Å². The van der Waals surface area contributed by atoms with E-state index in [1.54, 1.807) is 27.7 Å². The number of hydrogen-bond acceptors (Lipinski definition) is 5. The van der Waals surface area contributed by atoms with Crippen LogP contribution < -0.4 is 5.32 Å². The molecule has 7 heteroatoms. The van der Waals surface area contributed by atoms with Gasteiger partial charge < -0.3 is 14.8 Å². The van der Waals surface area contributed by atoms with E-state index < -0.39 is 17.7 Å². The van der Waals surface area contributed by atoms with Crippen LogP contribution in [0.3, 0.4) is 0 Å². The molecule has 0 heterocycles. The molecule has 7 nitrogen and oxygen atoms in total. The van der Waals surface area contributed by atoms with Crippen LogP contribution in [0.5, 0.6) is 0 Å². The average molecular weight is 356 g/mol. The molecule has 1 N–H and O–H groups in total. The van der Waals surface area contributed by atoms with Gasteiger partial charge >= 0.3 is 12.1 Å². The summed E-state index contributed by atoms with van der Waals surface area (Å²) in [5, 5.41) is 2.67. The largest absolute Gasteiger partial charge is 0.464 e. The lowest BCUT2D eigenvalue weighted by Gasteiger charge is -2.28. The van der Waals surface area contributed by atoms with Crippen molar-refractivity contribution in [1.29, 1.82) is 0 Å². The second kappa shape index (κ2) is 9.63. The van der Waals surface area contributed by atoms with E-state index in [1.165, 1.54) is 18.4 Å². The first-order valence-electron chi connectivity index (χ1n) is 9.02. The lowest BCUT2D eigenvalue weighted by atomic mass is 9.89. The van der Waals surface area contributed by atoms with Gasteiger partial charge in [-0.2, -0.15) is 0 Å². The molecule has 0 bridgehead atoms. The quantitative estimate of drug-likeness (QED) is 0.584. The number of esters is 1. The zero-order chi connectivity index (χ0) is 19.0. The topological polar surface area (TPSA) is 84.9 Å². The van der Waals surface area contributed by atoms with Crippen LogP contribution in [-0.2, 0) is 19.1 Å². The fourth-order valence-electron chi connectivity index (χ4n) is 2.60. The summed E-state index contributed by atoms with van der Waals surface area (Å²) in [4.78, 5) is 37.2. The summed E-state index contributed by atoms with van der Waals surface area (Å²) in [5.41, 5.74) is -0.616. The fourth-order valence-corrected chi connectivity index (χ4v) is 2.60. The predicted molar refractivity (Wildman–Crippen MR) is 94.0 cm³/mol. The molecule has 1 fully saturated rings. The highest BCUT2D eigenvalue weighted by Gasteiger charge is 2.27. The lowest BCUT2D eigenvalue weighted by Crippen LogP contribution is -2.48. The molecule has 1 saturated carbocycles. The lowest BCUT2D eigenvalue weighted by molar-refractivity contribution is -0.149. The number of hydrogen-bond donors (Lipinski definition) is 1. The van der Waals surface area contributed by atoms with E-state index in [4.69, 9.17) is 9.47 Å². The fraction of sp³-hybridized carbons (Fsp3) is 0.833. The van der Waals surface area contributed by atoms with Gasteiger partial charge in [0.2, 0.25) is 5.91 Å². The van der Waals surface area contributed by atoms with Crippen LogP contribution in [0.25, 0.3) is 0 Å². The van der Waals surface area contributed by atoms with E-state index in [0.29, 0.717) is 0 Å². The van der Waals surface area contributed by atoms with Crippen LogP contribution in [-0.4, -0.2) is 54.7 Å². The van der Waals surface area contributed by atoms with E-state index in [9.17, 15) is 14.4 Å². The summed E-state index contributed by atoms with van der Waals surface area (Å²) in [6, 6.07) is -0.677. The minimum Gasteiger partial charge on any atom is -0.464 e. The van der Waals surface area contributed by atoms with Crippen molar-refractivity contribution in [3.63, 3.8) is 0 Å². The second-order valence-electron chi connectivity index (χ2n) is 7.56. The number of rotatable bonds is 6. The van der Waals surface area contributed by atoms with E-state index in [2.05, 4.69) is 5.32 Å². The van der Waals surface area contributed by atoms with Crippen molar-refractivity contribution in [2.75, 3.05) is 20.2 Å². The van der Waals surface area contributed by atoms with Gasteiger partial charge in [-0.25, -0.2) is 4.79 Å². The summed E-state index contributed by atoms with van der Waals surface area (Å²) in [5.74, 6) is -0.489. The Bertz CT molecular complexity index is 467. The van der Waals surface area contributed by atoms with Crippen LogP contribution in [0.15, 0.2) is 0 Å². The minimum atomic E-state index is -0.677. The van der Waals surface area contributed by atoms with E-state index in [-0.39, 0.29) is 30.9 Å². The van der Waals surface area contributed by atoms with Crippen molar-refractivity contribution in [3.05, 3.63) is 0 Å². The predicted octanol–water partition coefficient (Wildman–Crippen LogP) is 2.48. The molecule has 0 aromatic heterocycles. The highest BCUT2D eigenvalue weighted by Crippen LogP contribution is 2.24. The third kappa shape index (κ3) is 7.75. The molecule has 0 aromatic rings. The Labute approximate surface area is 150 Å². The van der Waals surface area contributed by atoms with E-state index in [1.807, 2.05) is 0 Å². The molecule has 1 atom stereocenters. The van der Waals surface area contributed by atoms with Gasteiger partial charge in [0.25, 0.3) is 0 Å². The van der Waals surface area contributed by atoms with Crippen LogP contribution in [0, 0.1) is 5.92 Å². The molecule has 0 unspecified atom stereocenters. The van der Waals surface area contributed by atoms with Crippen LogP contribution in [0.1, 0.15) is 59.8 Å². The third-order valence-corrected chi connectivity index (χ3v) is 4.23. The van der Waals surface area contributed by atoms with Gasteiger partial charge in [-0.05, 0) is 40.5 Å². The van der Waals surface area contributed by atoms with Crippen molar-refractivity contribution >= 4 is 18.0 Å². The maximum absolute atomic E-state index is 12.1. The number of carbonyl (C=O) groups is 3. The van der Waals surface area contributed by atoms with Crippen molar-refractivity contribution in [2.24, 2.45) is 5.92 Å². The molecule has 0 radical (unpaired) electrons. The van der Waals surface area contributed by atoms with Crippen LogP contribution in [0.2, 0.25) is 0 Å². The van der Waals surface area contributed by atoms with Crippen molar-refractivity contribution < 1.29 is 23.9 Å². The Morgan fingerprint density at radius 1 is 1.16 bits per heavy atom. The molecule has 0 aromatic carbocycles. The molecular formula is C18H32N2O5. The third-order valence-electron chi connectivity index (χ3n) is 4.23. The smallest absolute Gasteiger partial charge is 0.410 e. The monoisotopic (exact) mass is 356 g/mol. The van der Waals surface area contributed by atoms with Crippen molar-refractivity contribution in [2.45, 2.75) is 71.4 Å². The second-order valence-corrected chi connectivity index (χ2v) is 7.56. The molecule has 0 spiro atoms. The van der Waals surface area contributed by atoms with Crippen LogP contribution >= 0.6 is 0 Å². The van der Waals surface area contributed by atoms with Gasteiger partial charge in [0.05, 0.1) is 12.5 Å². The first kappa shape index (κ1) is 21.3. The molecule has 1 aliphatic carbocycles. The van der Waals surface area contributed by atoms with Gasteiger partial charge in [0.15, 0.2) is 0 Å². The van der Waals surface area contributed by atoms with Crippen LogP contribution in [0.4, 0.5) is 4.79 Å². The highest BCUT2D eigenvalue weighted by atomic mass is 16.6. The normalized spacial score (nSPS) is 16.7. The summed E-state index contributed by atoms with van der Waals surface area (Å²) >= 11 is 0. The standard InChI is InChI=1S/C18H32N2O5/c1-13(20(5)17(23)25-18(2,3)4)15(21)19-11-12-24-16(22)14-9-7-6-8-10-14/h13-14H,6-12H2,1-5H3,(H,19,21)/t13-/m0/s1. The number of nitrogens with zero attached hydrogens (tertiary/aromatic N) is 1. The Hall–Kier alpha value is -1.79. The van der Waals surface area contributed by atoms with Crippen molar-refractivity contribution in [3.8, 4) is 0 Å². The summed E-state index contributed by atoms with van der Waals surface area (Å²) in [7, 11) is 1.52. The zero-order valence-electron chi connectivity index (χ0n) is 16.1. The molecule has 2 amide bonds. The first-order chi connectivity index (χ1) is 11.6. The van der Waals surface area contributed by atoms with Gasteiger partial charge in [0.1, 0.15) is 18.2 Å². The Morgan fingerprint density at radius 3 is 2.32 bits per heavy atom. The summed E-state index contributed by atoms with van der Waals surface area (Å²) < 4.78 is 10.5. The molecule has 0 saturated heterocycles. The molecule has 1 rings (SSSR count). The van der Waals surface area contributed by atoms with Gasteiger partial charge in [0, 0.05) is 7.05 Å². The van der Waals surface area contributed by atoms with E-state index in [0.717, 1.165) is 25.7 Å². The molecule has 1 aliphatic rings. The summed E-state index contributed by atoms with van der Waals surface area (Å²) in [6.07, 6.45) is 4.56. The number of nitrogens with one attached hydrogen (secondary N) is 1. The number of amides is 2.